The average Bonchev–Trinajstić information content (AvgIpc) is 2.60. The quantitative estimate of drug-likeness (QED) is 0.445. The number of alkyl halides is 2. The van der Waals surface area contributed by atoms with Gasteiger partial charge in [-0.25, -0.2) is 0 Å². The summed E-state index contributed by atoms with van der Waals surface area (Å²) in [7, 11) is 0. The number of esters is 1. The molecule has 0 spiro atoms. The molecule has 2 aliphatic carbocycles. The van der Waals surface area contributed by atoms with E-state index in [1.54, 1.807) is 20.8 Å². The van der Waals surface area contributed by atoms with Gasteiger partial charge in [0, 0.05) is 11.1 Å². The van der Waals surface area contributed by atoms with E-state index in [1.807, 2.05) is 0 Å². The molecule has 0 aromatic rings. The van der Waals surface area contributed by atoms with E-state index in [9.17, 15) is 23.7 Å². The van der Waals surface area contributed by atoms with Gasteiger partial charge in [0.1, 0.15) is 11.2 Å². The third-order valence-corrected chi connectivity index (χ3v) is 3.31. The van der Waals surface area contributed by atoms with Gasteiger partial charge in [-0.2, -0.15) is 8.78 Å². The number of nitrogens with zero attached hydrogens (tertiary/aromatic N) is 1. The van der Waals surface area contributed by atoms with Gasteiger partial charge in [-0.3, -0.25) is 14.9 Å². The topological polar surface area (TPSA) is 69.4 Å². The number of hydrogen-bond acceptors (Lipinski definition) is 4. The van der Waals surface area contributed by atoms with Crippen molar-refractivity contribution in [1.82, 2.24) is 0 Å². The van der Waals surface area contributed by atoms with Crippen LogP contribution in [0.25, 0.3) is 0 Å². The van der Waals surface area contributed by atoms with Crippen LogP contribution < -0.4 is 0 Å². The first-order valence-corrected chi connectivity index (χ1v) is 7.27. The highest BCUT2D eigenvalue weighted by Crippen LogP contribution is 2.42. The Balaban J connectivity index is 2.53. The molecule has 0 aromatic carbocycles. The lowest BCUT2D eigenvalue weighted by atomic mass is 9.98. The number of halogens is 2. The van der Waals surface area contributed by atoms with E-state index < -0.39 is 40.1 Å². The smallest absolute Gasteiger partial charge is 0.311 e. The Labute approximate surface area is 137 Å². The lowest BCUT2D eigenvalue weighted by Crippen LogP contribution is -2.26. The summed E-state index contributed by atoms with van der Waals surface area (Å²) in [4.78, 5) is 22.5. The average molecular weight is 337 g/mol. The molecule has 24 heavy (non-hydrogen) atoms. The number of carbonyl (C=O) groups excluding carboxylic acids is 1. The molecule has 7 heteroatoms. The Kier molecular flexibility index (Phi) is 4.55. The van der Waals surface area contributed by atoms with Crippen LogP contribution in [0, 0.1) is 10.1 Å². The summed E-state index contributed by atoms with van der Waals surface area (Å²) in [5, 5.41) is 11.4. The van der Waals surface area contributed by atoms with E-state index in [0.717, 1.165) is 12.2 Å². The molecule has 0 atom stereocenters. The van der Waals surface area contributed by atoms with E-state index in [1.165, 1.54) is 24.3 Å². The van der Waals surface area contributed by atoms with Crippen molar-refractivity contribution in [3.05, 3.63) is 69.0 Å². The monoisotopic (exact) mass is 337 g/mol. The summed E-state index contributed by atoms with van der Waals surface area (Å²) in [5.74, 6) is -4.23. The van der Waals surface area contributed by atoms with Gasteiger partial charge in [0.2, 0.25) is 0 Å². The van der Waals surface area contributed by atoms with E-state index in [0.29, 0.717) is 0 Å². The van der Waals surface area contributed by atoms with Crippen LogP contribution in [0.3, 0.4) is 0 Å². The van der Waals surface area contributed by atoms with Crippen molar-refractivity contribution in [2.75, 3.05) is 0 Å². The van der Waals surface area contributed by atoms with Crippen molar-refractivity contribution in [1.29, 1.82) is 0 Å². The number of carbonyl (C=O) groups is 1. The fourth-order valence-electron chi connectivity index (χ4n) is 2.40. The van der Waals surface area contributed by atoms with Gasteiger partial charge in [0.25, 0.3) is 5.70 Å². The summed E-state index contributed by atoms with van der Waals surface area (Å²) in [6, 6.07) is 0. The van der Waals surface area contributed by atoms with Crippen molar-refractivity contribution >= 4 is 5.97 Å². The molecule has 0 N–H and O–H groups in total. The van der Waals surface area contributed by atoms with Crippen LogP contribution in [0.1, 0.15) is 27.2 Å². The van der Waals surface area contributed by atoms with Gasteiger partial charge in [0.15, 0.2) is 0 Å². The van der Waals surface area contributed by atoms with Crippen molar-refractivity contribution in [3.63, 3.8) is 0 Å². The molecule has 0 amide bonds. The van der Waals surface area contributed by atoms with Crippen molar-refractivity contribution in [2.24, 2.45) is 0 Å². The van der Waals surface area contributed by atoms with Crippen LogP contribution in [0.15, 0.2) is 58.9 Å². The van der Waals surface area contributed by atoms with Gasteiger partial charge in [-0.1, -0.05) is 30.4 Å². The summed E-state index contributed by atoms with van der Waals surface area (Å²) >= 11 is 0. The van der Waals surface area contributed by atoms with E-state index in [-0.39, 0.29) is 11.1 Å². The number of ether oxygens (including phenoxy) is 1. The second-order valence-corrected chi connectivity index (χ2v) is 6.39. The zero-order valence-corrected chi connectivity index (χ0v) is 13.5. The third kappa shape index (κ3) is 3.67. The fraction of sp³-hybridized carbons (Fsp3) is 0.353. The fourth-order valence-corrected chi connectivity index (χ4v) is 2.40. The van der Waals surface area contributed by atoms with Crippen LogP contribution in [0.2, 0.25) is 0 Å². The number of hydrogen-bond donors (Lipinski definition) is 0. The van der Waals surface area contributed by atoms with Gasteiger partial charge in [-0.15, -0.1) is 0 Å². The minimum Gasteiger partial charge on any atom is -0.460 e. The zero-order valence-electron chi connectivity index (χ0n) is 13.5. The molecule has 5 nitrogen and oxygen atoms in total. The molecule has 0 saturated heterocycles. The lowest BCUT2D eigenvalue weighted by Gasteiger charge is -2.20. The Morgan fingerprint density at radius 2 is 1.88 bits per heavy atom. The number of allylic oxidation sites excluding steroid dienone is 8. The number of nitro groups is 1. The first-order valence-electron chi connectivity index (χ1n) is 7.27. The van der Waals surface area contributed by atoms with Crippen molar-refractivity contribution in [2.45, 2.75) is 38.7 Å². The van der Waals surface area contributed by atoms with Crippen LogP contribution >= 0.6 is 0 Å². The molecular weight excluding hydrogens is 320 g/mol. The molecule has 0 unspecified atom stereocenters. The SMILES string of the molecule is CC(C)(C)OC(=O)CC1=C([N+](=O)[O-])C2=CC=CC=C(C=C1)C2(F)F. The minimum absolute atomic E-state index is 0.112. The standard InChI is InChI=1S/C17H17F2NO4/c1-16(2,3)24-14(21)10-11-8-9-12-6-4-5-7-13(17(12,18)19)15(11)20(22)23/h4-9H,10H2,1-3H3. The molecular formula is C17H17F2NO4. The molecule has 0 aromatic heterocycles. The van der Waals surface area contributed by atoms with Crippen LogP contribution in [0.4, 0.5) is 8.78 Å². The maximum atomic E-state index is 14.5. The summed E-state index contributed by atoms with van der Waals surface area (Å²) < 4.78 is 34.2. The molecule has 0 aliphatic heterocycles. The first-order chi connectivity index (χ1) is 11.0. The van der Waals surface area contributed by atoms with Gasteiger partial charge < -0.3 is 4.74 Å². The highest BCUT2D eigenvalue weighted by atomic mass is 19.3. The molecule has 0 radical (unpaired) electrons. The number of rotatable bonds is 3. The second-order valence-electron chi connectivity index (χ2n) is 6.39. The van der Waals surface area contributed by atoms with Gasteiger partial charge in [0.05, 0.1) is 11.3 Å². The normalized spacial score (nSPS) is 19.2. The maximum Gasteiger partial charge on any atom is 0.311 e. The highest BCUT2D eigenvalue weighted by Gasteiger charge is 2.46. The Morgan fingerprint density at radius 1 is 1.25 bits per heavy atom. The molecule has 2 rings (SSSR count). The van der Waals surface area contributed by atoms with Crippen LogP contribution in [0.5, 0.6) is 0 Å². The molecule has 128 valence electrons. The van der Waals surface area contributed by atoms with Gasteiger partial charge >= 0.3 is 11.9 Å². The Hall–Kier alpha value is -2.57. The second kappa shape index (κ2) is 6.14. The first kappa shape index (κ1) is 17.8. The van der Waals surface area contributed by atoms with E-state index in [4.69, 9.17) is 4.74 Å². The third-order valence-electron chi connectivity index (χ3n) is 3.31. The van der Waals surface area contributed by atoms with E-state index in [2.05, 4.69) is 0 Å². The number of fused-ring (bicyclic) bond motifs is 2. The predicted molar refractivity (Wildman–Crippen MR) is 83.9 cm³/mol. The summed E-state index contributed by atoms with van der Waals surface area (Å²) in [6.07, 6.45) is 6.70. The Bertz CT molecular complexity index is 734. The van der Waals surface area contributed by atoms with Crippen LogP contribution in [-0.2, 0) is 9.53 Å². The molecule has 0 saturated carbocycles. The molecule has 2 aliphatic rings. The lowest BCUT2D eigenvalue weighted by molar-refractivity contribution is -0.423. The minimum atomic E-state index is -3.52. The van der Waals surface area contributed by atoms with E-state index >= 15 is 0 Å². The molecule has 0 heterocycles. The van der Waals surface area contributed by atoms with Crippen LogP contribution in [-0.4, -0.2) is 22.4 Å². The summed E-state index contributed by atoms with van der Waals surface area (Å²) in [6.45, 7) is 4.96. The Morgan fingerprint density at radius 3 is 2.46 bits per heavy atom. The zero-order chi connectivity index (χ0) is 18.1. The van der Waals surface area contributed by atoms with Crippen molar-refractivity contribution < 1.29 is 23.2 Å². The molecule has 0 fully saturated rings. The highest BCUT2D eigenvalue weighted by molar-refractivity contribution is 5.75. The van der Waals surface area contributed by atoms with Gasteiger partial charge in [-0.05, 0) is 26.8 Å². The maximum absolute atomic E-state index is 14.5. The summed E-state index contributed by atoms with van der Waals surface area (Å²) in [5.41, 5.74) is -2.77. The predicted octanol–water partition coefficient (Wildman–Crippen LogP) is 3.88. The molecule has 2 bridgehead atoms. The largest absolute Gasteiger partial charge is 0.460 e. The van der Waals surface area contributed by atoms with Crippen molar-refractivity contribution in [3.8, 4) is 0 Å².